The van der Waals surface area contributed by atoms with Gasteiger partial charge >= 0.3 is 5.97 Å². The molecule has 0 saturated carbocycles. The van der Waals surface area contributed by atoms with Gasteiger partial charge in [-0.15, -0.1) is 0 Å². The lowest BCUT2D eigenvalue weighted by Gasteiger charge is -2.11. The van der Waals surface area contributed by atoms with E-state index in [4.69, 9.17) is 10.2 Å². The molecule has 0 radical (unpaired) electrons. The number of carbonyl (C=O) groups is 1. The van der Waals surface area contributed by atoms with E-state index in [9.17, 15) is 13.2 Å². The first kappa shape index (κ1) is 16.1. The van der Waals surface area contributed by atoms with E-state index in [2.05, 4.69) is 5.10 Å². The third-order valence-corrected chi connectivity index (χ3v) is 4.49. The standard InChI is InChI=1S/C13H15N3O5S/c1-16-12(22(20,21)15-11(8-17)13(18)19)7-10(14-16)9-5-3-2-4-6-9/h2-7,11,15,17H,8H2,1H3,(H,18,19)/t11-/m0/s1. The zero-order valence-electron chi connectivity index (χ0n) is 11.7. The van der Waals surface area contributed by atoms with Gasteiger partial charge in [0.15, 0.2) is 5.03 Å². The van der Waals surface area contributed by atoms with Crippen LogP contribution in [0.15, 0.2) is 41.4 Å². The van der Waals surface area contributed by atoms with Crippen LogP contribution in [-0.2, 0) is 21.9 Å². The quantitative estimate of drug-likeness (QED) is 0.677. The van der Waals surface area contributed by atoms with Crippen molar-refractivity contribution in [3.8, 4) is 11.3 Å². The van der Waals surface area contributed by atoms with Crippen LogP contribution in [0, 0.1) is 0 Å². The smallest absolute Gasteiger partial charge is 0.324 e. The van der Waals surface area contributed by atoms with E-state index >= 15 is 0 Å². The average Bonchev–Trinajstić information content (AvgIpc) is 2.88. The van der Waals surface area contributed by atoms with Gasteiger partial charge in [0.2, 0.25) is 0 Å². The molecule has 0 fully saturated rings. The van der Waals surface area contributed by atoms with Crippen LogP contribution in [0.4, 0.5) is 0 Å². The SMILES string of the molecule is Cn1nc(-c2ccccc2)cc1S(=O)(=O)N[C@@H](CO)C(=O)O. The summed E-state index contributed by atoms with van der Waals surface area (Å²) in [5.41, 5.74) is 1.18. The van der Waals surface area contributed by atoms with E-state index in [1.54, 1.807) is 24.3 Å². The summed E-state index contributed by atoms with van der Waals surface area (Å²) >= 11 is 0. The van der Waals surface area contributed by atoms with Gasteiger partial charge in [0, 0.05) is 18.7 Å². The third kappa shape index (κ3) is 3.32. The maximum Gasteiger partial charge on any atom is 0.324 e. The van der Waals surface area contributed by atoms with Crippen molar-refractivity contribution in [2.45, 2.75) is 11.1 Å². The monoisotopic (exact) mass is 325 g/mol. The first-order valence-electron chi connectivity index (χ1n) is 6.30. The molecule has 118 valence electrons. The van der Waals surface area contributed by atoms with E-state index in [0.29, 0.717) is 5.69 Å². The summed E-state index contributed by atoms with van der Waals surface area (Å²) in [5, 5.41) is 21.7. The van der Waals surface area contributed by atoms with Gasteiger partial charge < -0.3 is 10.2 Å². The number of aromatic nitrogens is 2. The Morgan fingerprint density at radius 2 is 2.00 bits per heavy atom. The molecule has 0 spiro atoms. The molecule has 1 atom stereocenters. The molecule has 1 aromatic carbocycles. The number of hydrogen-bond acceptors (Lipinski definition) is 5. The molecular weight excluding hydrogens is 310 g/mol. The summed E-state index contributed by atoms with van der Waals surface area (Å²) in [4.78, 5) is 10.8. The largest absolute Gasteiger partial charge is 0.480 e. The van der Waals surface area contributed by atoms with E-state index in [0.717, 1.165) is 10.2 Å². The number of carboxylic acids is 1. The molecule has 0 saturated heterocycles. The van der Waals surface area contributed by atoms with Gasteiger partial charge in [-0.2, -0.15) is 9.82 Å². The Bertz CT molecular complexity index is 770. The number of aliphatic hydroxyl groups is 1. The van der Waals surface area contributed by atoms with Crippen LogP contribution in [-0.4, -0.2) is 47.0 Å². The van der Waals surface area contributed by atoms with Crippen molar-refractivity contribution >= 4 is 16.0 Å². The van der Waals surface area contributed by atoms with Gasteiger partial charge in [-0.1, -0.05) is 30.3 Å². The van der Waals surface area contributed by atoms with Gasteiger partial charge in [-0.25, -0.2) is 8.42 Å². The van der Waals surface area contributed by atoms with Gasteiger partial charge in [-0.3, -0.25) is 9.48 Å². The lowest BCUT2D eigenvalue weighted by molar-refractivity contribution is -0.139. The van der Waals surface area contributed by atoms with E-state index in [1.807, 2.05) is 10.8 Å². The van der Waals surface area contributed by atoms with Crippen molar-refractivity contribution in [2.75, 3.05) is 6.61 Å². The Hall–Kier alpha value is -2.23. The van der Waals surface area contributed by atoms with Gasteiger partial charge in [0.1, 0.15) is 6.04 Å². The molecule has 8 nitrogen and oxygen atoms in total. The molecule has 0 unspecified atom stereocenters. The maximum atomic E-state index is 12.2. The van der Waals surface area contributed by atoms with Crippen molar-refractivity contribution in [3.05, 3.63) is 36.4 Å². The van der Waals surface area contributed by atoms with Crippen LogP contribution in [0.5, 0.6) is 0 Å². The number of carboxylic acid groups (broad SMARTS) is 1. The van der Waals surface area contributed by atoms with Crippen molar-refractivity contribution < 1.29 is 23.4 Å². The normalized spacial score (nSPS) is 13.0. The van der Waals surface area contributed by atoms with Crippen LogP contribution in [0.1, 0.15) is 0 Å². The molecule has 3 N–H and O–H groups in total. The minimum absolute atomic E-state index is 0.189. The van der Waals surface area contributed by atoms with E-state index < -0.39 is 28.6 Å². The Balaban J connectivity index is 2.36. The number of rotatable bonds is 6. The maximum absolute atomic E-state index is 12.2. The van der Waals surface area contributed by atoms with Crippen LogP contribution in [0.3, 0.4) is 0 Å². The van der Waals surface area contributed by atoms with Crippen molar-refractivity contribution in [1.82, 2.24) is 14.5 Å². The number of hydrogen-bond donors (Lipinski definition) is 3. The fourth-order valence-corrected chi connectivity index (χ4v) is 3.19. The van der Waals surface area contributed by atoms with E-state index in [-0.39, 0.29) is 5.03 Å². The predicted molar refractivity (Wildman–Crippen MR) is 77.5 cm³/mol. The summed E-state index contributed by atoms with van der Waals surface area (Å²) in [6.45, 7) is -0.849. The molecule has 2 aromatic rings. The second kappa shape index (κ2) is 6.26. The molecule has 0 aliphatic heterocycles. The molecule has 0 amide bonds. The highest BCUT2D eigenvalue weighted by atomic mass is 32.2. The summed E-state index contributed by atoms with van der Waals surface area (Å²) < 4.78 is 27.5. The third-order valence-electron chi connectivity index (χ3n) is 2.96. The lowest BCUT2D eigenvalue weighted by atomic mass is 10.2. The second-order valence-corrected chi connectivity index (χ2v) is 6.21. The fraction of sp³-hybridized carbons (Fsp3) is 0.231. The summed E-state index contributed by atoms with van der Waals surface area (Å²) in [7, 11) is -2.68. The summed E-state index contributed by atoms with van der Waals surface area (Å²) in [5.74, 6) is -1.46. The minimum Gasteiger partial charge on any atom is -0.480 e. The Morgan fingerprint density at radius 1 is 1.36 bits per heavy atom. The number of benzene rings is 1. The molecule has 0 bridgehead atoms. The fourth-order valence-electron chi connectivity index (χ4n) is 1.87. The van der Waals surface area contributed by atoms with Crippen LogP contribution in [0.25, 0.3) is 11.3 Å². The minimum atomic E-state index is -4.12. The van der Waals surface area contributed by atoms with Crippen molar-refractivity contribution in [1.29, 1.82) is 0 Å². The first-order valence-corrected chi connectivity index (χ1v) is 7.79. The molecule has 0 aliphatic carbocycles. The molecule has 2 rings (SSSR count). The summed E-state index contributed by atoms with van der Waals surface area (Å²) in [6, 6.07) is 8.70. The number of aliphatic hydroxyl groups excluding tert-OH is 1. The van der Waals surface area contributed by atoms with Gasteiger partial charge in [0.25, 0.3) is 10.0 Å². The lowest BCUT2D eigenvalue weighted by Crippen LogP contribution is -2.43. The Kier molecular flexibility index (Phi) is 4.59. The first-order chi connectivity index (χ1) is 10.3. The highest BCUT2D eigenvalue weighted by Gasteiger charge is 2.27. The van der Waals surface area contributed by atoms with Gasteiger partial charge in [0.05, 0.1) is 12.3 Å². The number of aryl methyl sites for hydroxylation is 1. The molecule has 1 heterocycles. The Labute approximate surface area is 127 Å². The predicted octanol–water partition coefficient (Wildman–Crippen LogP) is -0.189. The van der Waals surface area contributed by atoms with Crippen LogP contribution < -0.4 is 4.72 Å². The number of sulfonamides is 1. The molecule has 0 aliphatic rings. The zero-order chi connectivity index (χ0) is 16.3. The molecular formula is C13H15N3O5S. The second-order valence-electron chi connectivity index (χ2n) is 4.55. The number of nitrogens with one attached hydrogen (secondary N) is 1. The number of nitrogens with zero attached hydrogens (tertiary/aromatic N) is 2. The van der Waals surface area contributed by atoms with Gasteiger partial charge in [-0.05, 0) is 0 Å². The van der Waals surface area contributed by atoms with Crippen LogP contribution in [0.2, 0.25) is 0 Å². The summed E-state index contributed by atoms with van der Waals surface area (Å²) in [6.07, 6.45) is 0. The Morgan fingerprint density at radius 3 is 2.55 bits per heavy atom. The molecule has 1 aromatic heterocycles. The number of aliphatic carboxylic acids is 1. The highest BCUT2D eigenvalue weighted by molar-refractivity contribution is 7.89. The molecule has 22 heavy (non-hydrogen) atoms. The van der Waals surface area contributed by atoms with Crippen molar-refractivity contribution in [3.63, 3.8) is 0 Å². The van der Waals surface area contributed by atoms with Crippen molar-refractivity contribution in [2.24, 2.45) is 7.05 Å². The topological polar surface area (TPSA) is 122 Å². The van der Waals surface area contributed by atoms with E-state index in [1.165, 1.54) is 13.1 Å². The zero-order valence-corrected chi connectivity index (χ0v) is 12.5. The van der Waals surface area contributed by atoms with Crippen LogP contribution >= 0.6 is 0 Å². The average molecular weight is 325 g/mol. The molecule has 9 heteroatoms. The highest BCUT2D eigenvalue weighted by Crippen LogP contribution is 2.20.